The summed E-state index contributed by atoms with van der Waals surface area (Å²) in [4.78, 5) is 26.2. The smallest absolute Gasteiger partial charge is 0.243 e. The van der Waals surface area contributed by atoms with Crippen LogP contribution in [0.1, 0.15) is 18.4 Å². The molecule has 1 heterocycles. The van der Waals surface area contributed by atoms with Crippen LogP contribution in [0, 0.1) is 5.82 Å². The molecular weight excluding hydrogens is 335 g/mol. The molecule has 0 bridgehead atoms. The first kappa shape index (κ1) is 17.9. The van der Waals surface area contributed by atoms with Gasteiger partial charge >= 0.3 is 0 Å². The molecule has 0 aromatic heterocycles. The third kappa shape index (κ3) is 4.02. The number of carbonyl (C=O) groups is 2. The molecule has 1 aliphatic rings. The highest BCUT2D eigenvalue weighted by Crippen LogP contribution is 2.27. The van der Waals surface area contributed by atoms with Gasteiger partial charge in [-0.25, -0.2) is 4.39 Å². The highest BCUT2D eigenvalue weighted by molar-refractivity contribution is 6.03. The van der Waals surface area contributed by atoms with E-state index < -0.39 is 6.04 Å². The first-order valence-electron chi connectivity index (χ1n) is 8.57. The Hall–Kier alpha value is -2.89. The quantitative estimate of drug-likeness (QED) is 0.866. The Labute approximate surface area is 151 Å². The maximum atomic E-state index is 13.1. The number of nitrogens with one attached hydrogen (secondary N) is 1. The minimum absolute atomic E-state index is 0.119. The van der Waals surface area contributed by atoms with Gasteiger partial charge in [0.05, 0.1) is 7.11 Å². The lowest BCUT2D eigenvalue weighted by Gasteiger charge is -2.24. The summed E-state index contributed by atoms with van der Waals surface area (Å²) in [6.07, 6.45) is 1.46. The molecule has 0 aliphatic carbocycles. The summed E-state index contributed by atoms with van der Waals surface area (Å²) in [6, 6.07) is 12.7. The number of hydrogen-bond acceptors (Lipinski definition) is 3. The van der Waals surface area contributed by atoms with Gasteiger partial charge in [-0.15, -0.1) is 0 Å². The zero-order valence-corrected chi connectivity index (χ0v) is 14.6. The van der Waals surface area contributed by atoms with Crippen LogP contribution in [0.2, 0.25) is 0 Å². The Bertz CT molecular complexity index is 775. The zero-order valence-electron chi connectivity index (χ0n) is 14.6. The molecule has 136 valence electrons. The van der Waals surface area contributed by atoms with Gasteiger partial charge in [0.25, 0.3) is 0 Å². The second-order valence-corrected chi connectivity index (χ2v) is 6.18. The van der Waals surface area contributed by atoms with Gasteiger partial charge in [-0.05, 0) is 54.8 Å². The summed E-state index contributed by atoms with van der Waals surface area (Å²) in [7, 11) is 1.62. The van der Waals surface area contributed by atoms with Crippen LogP contribution < -0.4 is 15.0 Å². The van der Waals surface area contributed by atoms with Crippen LogP contribution in [0.3, 0.4) is 0 Å². The molecule has 0 saturated carbocycles. The van der Waals surface area contributed by atoms with Crippen LogP contribution >= 0.6 is 0 Å². The SMILES string of the molecule is COc1ccc(CCNC(=O)C2CCC(=O)N2c2ccc(F)cc2)cc1. The van der Waals surface area contributed by atoms with Crippen LogP contribution in [-0.4, -0.2) is 31.5 Å². The van der Waals surface area contributed by atoms with Gasteiger partial charge in [0, 0.05) is 18.7 Å². The second-order valence-electron chi connectivity index (χ2n) is 6.18. The largest absolute Gasteiger partial charge is 0.497 e. The van der Waals surface area contributed by atoms with E-state index in [1.54, 1.807) is 7.11 Å². The number of ether oxygens (including phenoxy) is 1. The van der Waals surface area contributed by atoms with Crippen molar-refractivity contribution < 1.29 is 18.7 Å². The van der Waals surface area contributed by atoms with Crippen LogP contribution in [-0.2, 0) is 16.0 Å². The standard InChI is InChI=1S/C20H21FN2O3/c1-26-17-8-2-14(3-9-17)12-13-22-20(25)18-10-11-19(24)23(18)16-6-4-15(21)5-7-16/h2-9,18H,10-13H2,1H3,(H,22,25). The summed E-state index contributed by atoms with van der Waals surface area (Å²) in [5.41, 5.74) is 1.63. The zero-order chi connectivity index (χ0) is 18.5. The number of hydrogen-bond donors (Lipinski definition) is 1. The maximum Gasteiger partial charge on any atom is 0.243 e. The number of carbonyl (C=O) groups excluding carboxylic acids is 2. The highest BCUT2D eigenvalue weighted by atomic mass is 19.1. The molecule has 0 radical (unpaired) electrons. The summed E-state index contributed by atoms with van der Waals surface area (Å²) in [6.45, 7) is 0.479. The molecule has 1 saturated heterocycles. The fraction of sp³-hybridized carbons (Fsp3) is 0.300. The molecular formula is C20H21FN2O3. The molecule has 3 rings (SSSR count). The van der Waals surface area contributed by atoms with E-state index in [2.05, 4.69) is 5.32 Å². The van der Waals surface area contributed by atoms with E-state index in [0.717, 1.165) is 11.3 Å². The number of anilines is 1. The number of methoxy groups -OCH3 is 1. The lowest BCUT2D eigenvalue weighted by Crippen LogP contribution is -2.45. The van der Waals surface area contributed by atoms with Crippen molar-refractivity contribution in [2.24, 2.45) is 0 Å². The van der Waals surface area contributed by atoms with Crippen LogP contribution in [0.15, 0.2) is 48.5 Å². The number of nitrogens with zero attached hydrogens (tertiary/aromatic N) is 1. The molecule has 0 spiro atoms. The van der Waals surface area contributed by atoms with Crippen molar-refractivity contribution in [2.75, 3.05) is 18.6 Å². The Morgan fingerprint density at radius 2 is 1.88 bits per heavy atom. The molecule has 26 heavy (non-hydrogen) atoms. The fourth-order valence-corrected chi connectivity index (χ4v) is 3.10. The van der Waals surface area contributed by atoms with Crippen molar-refractivity contribution in [3.8, 4) is 5.75 Å². The third-order valence-electron chi connectivity index (χ3n) is 4.49. The van der Waals surface area contributed by atoms with Gasteiger partial charge in [0.15, 0.2) is 0 Å². The lowest BCUT2D eigenvalue weighted by molar-refractivity contribution is -0.123. The summed E-state index contributed by atoms with van der Waals surface area (Å²) in [5.74, 6) is 0.110. The summed E-state index contributed by atoms with van der Waals surface area (Å²) >= 11 is 0. The Morgan fingerprint density at radius 1 is 1.19 bits per heavy atom. The van der Waals surface area contributed by atoms with E-state index in [9.17, 15) is 14.0 Å². The average molecular weight is 356 g/mol. The molecule has 1 N–H and O–H groups in total. The first-order valence-corrected chi connectivity index (χ1v) is 8.57. The van der Waals surface area contributed by atoms with Gasteiger partial charge in [-0.3, -0.25) is 14.5 Å². The Morgan fingerprint density at radius 3 is 2.54 bits per heavy atom. The molecule has 1 aliphatic heterocycles. The van der Waals surface area contributed by atoms with E-state index in [1.807, 2.05) is 24.3 Å². The third-order valence-corrected chi connectivity index (χ3v) is 4.49. The second kappa shape index (κ2) is 7.99. The fourth-order valence-electron chi connectivity index (χ4n) is 3.10. The number of amides is 2. The van der Waals surface area contributed by atoms with E-state index in [0.29, 0.717) is 31.5 Å². The van der Waals surface area contributed by atoms with Crippen molar-refractivity contribution in [2.45, 2.75) is 25.3 Å². The van der Waals surface area contributed by atoms with E-state index in [1.165, 1.54) is 29.2 Å². The Balaban J connectivity index is 1.59. The summed E-state index contributed by atoms with van der Waals surface area (Å²) in [5, 5.41) is 2.90. The molecule has 2 amide bonds. The number of benzene rings is 2. The van der Waals surface area contributed by atoms with Gasteiger partial charge < -0.3 is 10.1 Å². The van der Waals surface area contributed by atoms with Gasteiger partial charge in [0.2, 0.25) is 11.8 Å². The molecule has 2 aromatic carbocycles. The molecule has 1 fully saturated rings. The van der Waals surface area contributed by atoms with Crippen LogP contribution in [0.5, 0.6) is 5.75 Å². The molecule has 1 unspecified atom stereocenters. The average Bonchev–Trinajstić information content (AvgIpc) is 3.04. The maximum absolute atomic E-state index is 13.1. The molecule has 6 heteroatoms. The van der Waals surface area contributed by atoms with Crippen molar-refractivity contribution in [3.63, 3.8) is 0 Å². The Kier molecular flexibility index (Phi) is 5.51. The summed E-state index contributed by atoms with van der Waals surface area (Å²) < 4.78 is 18.2. The minimum atomic E-state index is -0.552. The van der Waals surface area contributed by atoms with E-state index >= 15 is 0 Å². The number of halogens is 1. The predicted octanol–water partition coefficient (Wildman–Crippen LogP) is 2.69. The first-order chi connectivity index (χ1) is 12.6. The predicted molar refractivity (Wildman–Crippen MR) is 96.6 cm³/mol. The monoisotopic (exact) mass is 356 g/mol. The van der Waals surface area contributed by atoms with Crippen molar-refractivity contribution in [1.29, 1.82) is 0 Å². The van der Waals surface area contributed by atoms with Crippen molar-refractivity contribution >= 4 is 17.5 Å². The van der Waals surface area contributed by atoms with Crippen molar-refractivity contribution in [1.82, 2.24) is 5.32 Å². The number of rotatable bonds is 6. The highest BCUT2D eigenvalue weighted by Gasteiger charge is 2.36. The molecule has 2 aromatic rings. The van der Waals surface area contributed by atoms with Crippen molar-refractivity contribution in [3.05, 3.63) is 59.9 Å². The molecule has 1 atom stereocenters. The van der Waals surface area contributed by atoms with E-state index in [-0.39, 0.29) is 17.6 Å². The topological polar surface area (TPSA) is 58.6 Å². The minimum Gasteiger partial charge on any atom is -0.497 e. The lowest BCUT2D eigenvalue weighted by atomic mass is 10.1. The van der Waals surface area contributed by atoms with Gasteiger partial charge in [-0.2, -0.15) is 0 Å². The molecule has 5 nitrogen and oxygen atoms in total. The van der Waals surface area contributed by atoms with Gasteiger partial charge in [0.1, 0.15) is 17.6 Å². The van der Waals surface area contributed by atoms with E-state index in [4.69, 9.17) is 4.74 Å². The normalized spacial score (nSPS) is 16.6. The van der Waals surface area contributed by atoms with Crippen LogP contribution in [0.25, 0.3) is 0 Å². The van der Waals surface area contributed by atoms with Crippen LogP contribution in [0.4, 0.5) is 10.1 Å². The van der Waals surface area contributed by atoms with Gasteiger partial charge in [-0.1, -0.05) is 12.1 Å².